The topological polar surface area (TPSA) is 98.0 Å². The number of hydrogen-bond donors (Lipinski definition) is 4. The van der Waals surface area contributed by atoms with Gasteiger partial charge in [-0.25, -0.2) is 0 Å². The van der Waals surface area contributed by atoms with E-state index < -0.39 is 24.3 Å². The zero-order chi connectivity index (χ0) is 21.3. The van der Waals surface area contributed by atoms with E-state index in [1.807, 2.05) is 13.8 Å². The van der Waals surface area contributed by atoms with E-state index in [2.05, 4.69) is 19.1 Å². The molecular formula is C24H38O5. The third-order valence-electron chi connectivity index (χ3n) is 8.32. The Morgan fingerprint density at radius 2 is 1.93 bits per heavy atom. The number of allylic oxidation sites excluding steroid dienone is 3. The SMILES string of the molecule is C[C@@H]1C(=CC=C2CCC[C@]3(C)[C@@H]([C@H](C)C(O)CC(=O)O)CC[C@@H]23)C[C@@H](O)C[C@@H]1O. The minimum absolute atomic E-state index is 0.0255. The summed E-state index contributed by atoms with van der Waals surface area (Å²) < 4.78 is 0. The Kier molecular flexibility index (Phi) is 6.91. The standard InChI is InChI=1S/C24H38O5/c1-14-17(11-18(25)12-21(14)26)7-6-16-5-4-10-24(3)19(8-9-20(16)24)15(2)22(27)13-23(28)29/h6-7,14-15,18-22,25-27H,4-5,8-13H2,1-3H3,(H,28,29)/t14-,15+,18-,19-,20+,21+,22?,24-/m1/s1. The predicted molar refractivity (Wildman–Crippen MR) is 112 cm³/mol. The van der Waals surface area contributed by atoms with Gasteiger partial charge in [0.05, 0.1) is 24.7 Å². The third kappa shape index (κ3) is 4.62. The van der Waals surface area contributed by atoms with E-state index in [-0.39, 0.29) is 23.7 Å². The number of carbonyl (C=O) groups is 1. The zero-order valence-corrected chi connectivity index (χ0v) is 18.1. The van der Waals surface area contributed by atoms with Gasteiger partial charge in [-0.2, -0.15) is 0 Å². The highest BCUT2D eigenvalue weighted by Crippen LogP contribution is 2.59. The Morgan fingerprint density at radius 1 is 1.24 bits per heavy atom. The lowest BCUT2D eigenvalue weighted by atomic mass is 9.60. The molecule has 0 aromatic rings. The van der Waals surface area contributed by atoms with Crippen molar-refractivity contribution in [2.75, 3.05) is 0 Å². The Morgan fingerprint density at radius 3 is 2.62 bits per heavy atom. The van der Waals surface area contributed by atoms with Gasteiger partial charge in [0.25, 0.3) is 0 Å². The predicted octanol–water partition coefficient (Wildman–Crippen LogP) is 3.68. The number of aliphatic hydroxyl groups is 3. The minimum Gasteiger partial charge on any atom is -0.481 e. The Hall–Kier alpha value is -1.17. The number of carboxylic acids is 1. The summed E-state index contributed by atoms with van der Waals surface area (Å²) in [6, 6.07) is 0. The molecule has 164 valence electrons. The number of aliphatic hydroxyl groups excluding tert-OH is 3. The van der Waals surface area contributed by atoms with Gasteiger partial charge in [-0.3, -0.25) is 4.79 Å². The molecule has 0 radical (unpaired) electrons. The summed E-state index contributed by atoms with van der Waals surface area (Å²) in [4.78, 5) is 11.0. The van der Waals surface area contributed by atoms with Gasteiger partial charge < -0.3 is 20.4 Å². The van der Waals surface area contributed by atoms with Crippen molar-refractivity contribution in [3.8, 4) is 0 Å². The summed E-state index contributed by atoms with van der Waals surface area (Å²) in [6.45, 7) is 6.37. The van der Waals surface area contributed by atoms with Crippen LogP contribution < -0.4 is 0 Å². The molecule has 3 saturated carbocycles. The lowest BCUT2D eigenvalue weighted by Gasteiger charge is -2.45. The van der Waals surface area contributed by atoms with Gasteiger partial charge in [0.2, 0.25) is 0 Å². The fraction of sp³-hybridized carbons (Fsp3) is 0.792. The lowest BCUT2D eigenvalue weighted by Crippen LogP contribution is -2.39. The molecule has 0 aliphatic heterocycles. The van der Waals surface area contributed by atoms with Crippen molar-refractivity contribution in [3.63, 3.8) is 0 Å². The Labute approximate surface area is 174 Å². The zero-order valence-electron chi connectivity index (χ0n) is 18.1. The lowest BCUT2D eigenvalue weighted by molar-refractivity contribution is -0.140. The van der Waals surface area contributed by atoms with Crippen molar-refractivity contribution >= 4 is 5.97 Å². The quantitative estimate of drug-likeness (QED) is 0.558. The van der Waals surface area contributed by atoms with Crippen molar-refractivity contribution in [2.24, 2.45) is 29.1 Å². The molecule has 0 amide bonds. The molecule has 1 unspecified atom stereocenters. The molecule has 0 saturated heterocycles. The molecule has 0 aromatic heterocycles. The molecular weight excluding hydrogens is 368 g/mol. The summed E-state index contributed by atoms with van der Waals surface area (Å²) in [5, 5.41) is 39.7. The summed E-state index contributed by atoms with van der Waals surface area (Å²) >= 11 is 0. The van der Waals surface area contributed by atoms with Gasteiger partial charge in [-0.15, -0.1) is 0 Å². The first kappa shape index (κ1) is 22.5. The van der Waals surface area contributed by atoms with E-state index in [1.54, 1.807) is 0 Å². The average molecular weight is 407 g/mol. The largest absolute Gasteiger partial charge is 0.481 e. The number of aliphatic carboxylic acids is 1. The number of fused-ring (bicyclic) bond motifs is 1. The highest BCUT2D eigenvalue weighted by atomic mass is 16.4. The monoisotopic (exact) mass is 406 g/mol. The first-order valence-electron chi connectivity index (χ1n) is 11.3. The van der Waals surface area contributed by atoms with E-state index in [1.165, 1.54) is 5.57 Å². The van der Waals surface area contributed by atoms with Crippen molar-refractivity contribution < 1.29 is 25.2 Å². The number of hydrogen-bond acceptors (Lipinski definition) is 4. The first-order valence-corrected chi connectivity index (χ1v) is 11.3. The first-order chi connectivity index (χ1) is 13.6. The van der Waals surface area contributed by atoms with Crippen LogP contribution in [0.15, 0.2) is 23.3 Å². The van der Waals surface area contributed by atoms with Crippen LogP contribution in [0.3, 0.4) is 0 Å². The second kappa shape index (κ2) is 8.91. The minimum atomic E-state index is -0.939. The molecule has 0 spiro atoms. The van der Waals surface area contributed by atoms with Crippen LogP contribution in [0.1, 0.15) is 72.1 Å². The van der Waals surface area contributed by atoms with Crippen LogP contribution in [0.5, 0.6) is 0 Å². The molecule has 5 nitrogen and oxygen atoms in total. The maximum Gasteiger partial charge on any atom is 0.305 e. The maximum atomic E-state index is 11.0. The maximum absolute atomic E-state index is 11.0. The van der Waals surface area contributed by atoms with Crippen LogP contribution in [-0.2, 0) is 4.79 Å². The number of carboxylic acid groups (broad SMARTS) is 1. The summed E-state index contributed by atoms with van der Waals surface area (Å²) in [5.74, 6) is -0.0946. The van der Waals surface area contributed by atoms with Crippen LogP contribution in [0, 0.1) is 29.1 Å². The van der Waals surface area contributed by atoms with Crippen molar-refractivity contribution in [1.82, 2.24) is 0 Å². The highest BCUT2D eigenvalue weighted by molar-refractivity contribution is 5.67. The molecule has 0 bridgehead atoms. The molecule has 4 N–H and O–H groups in total. The van der Waals surface area contributed by atoms with Crippen LogP contribution in [0.4, 0.5) is 0 Å². The van der Waals surface area contributed by atoms with Crippen molar-refractivity contribution in [2.45, 2.75) is 90.4 Å². The molecule has 5 heteroatoms. The second-order valence-corrected chi connectivity index (χ2v) is 10.1. The van der Waals surface area contributed by atoms with Crippen LogP contribution in [0.2, 0.25) is 0 Å². The molecule has 3 fully saturated rings. The summed E-state index contributed by atoms with van der Waals surface area (Å²) in [5.41, 5.74) is 2.66. The second-order valence-electron chi connectivity index (χ2n) is 10.1. The highest BCUT2D eigenvalue weighted by Gasteiger charge is 2.51. The molecule has 3 aliphatic carbocycles. The van der Waals surface area contributed by atoms with Crippen LogP contribution in [-0.4, -0.2) is 44.7 Å². The van der Waals surface area contributed by atoms with Crippen LogP contribution in [0.25, 0.3) is 0 Å². The van der Waals surface area contributed by atoms with Crippen LogP contribution >= 0.6 is 0 Å². The third-order valence-corrected chi connectivity index (χ3v) is 8.32. The van der Waals surface area contributed by atoms with Gasteiger partial charge in [0.15, 0.2) is 0 Å². The van der Waals surface area contributed by atoms with E-state index in [0.717, 1.165) is 37.7 Å². The van der Waals surface area contributed by atoms with Crippen molar-refractivity contribution in [3.05, 3.63) is 23.3 Å². The van der Waals surface area contributed by atoms with E-state index in [0.29, 0.717) is 24.7 Å². The number of rotatable bonds is 5. The smallest absolute Gasteiger partial charge is 0.305 e. The fourth-order valence-corrected chi connectivity index (χ4v) is 6.48. The fourth-order valence-electron chi connectivity index (χ4n) is 6.48. The molecule has 8 atom stereocenters. The average Bonchev–Trinajstić information content (AvgIpc) is 2.99. The van der Waals surface area contributed by atoms with Gasteiger partial charge in [0.1, 0.15) is 0 Å². The molecule has 29 heavy (non-hydrogen) atoms. The van der Waals surface area contributed by atoms with Gasteiger partial charge in [0, 0.05) is 12.3 Å². The molecule has 0 aromatic carbocycles. The molecule has 3 aliphatic rings. The van der Waals surface area contributed by atoms with Gasteiger partial charge in [-0.1, -0.05) is 44.1 Å². The Balaban J connectivity index is 1.78. The molecule has 0 heterocycles. The van der Waals surface area contributed by atoms with Crippen molar-refractivity contribution in [1.29, 1.82) is 0 Å². The van der Waals surface area contributed by atoms with Gasteiger partial charge >= 0.3 is 5.97 Å². The van der Waals surface area contributed by atoms with E-state index in [9.17, 15) is 20.1 Å². The summed E-state index contributed by atoms with van der Waals surface area (Å²) in [7, 11) is 0. The van der Waals surface area contributed by atoms with E-state index in [4.69, 9.17) is 5.11 Å². The summed E-state index contributed by atoms with van der Waals surface area (Å²) in [6.07, 6.45) is 8.94. The van der Waals surface area contributed by atoms with E-state index >= 15 is 0 Å². The Bertz CT molecular complexity index is 668. The molecule has 3 rings (SSSR count). The van der Waals surface area contributed by atoms with Gasteiger partial charge in [-0.05, 0) is 61.7 Å². The normalized spacial score (nSPS) is 42.6.